The first kappa shape index (κ1) is 20.1. The van der Waals surface area contributed by atoms with Crippen LogP contribution in [0.2, 0.25) is 0 Å². The molecule has 1 saturated carbocycles. The lowest BCUT2D eigenvalue weighted by molar-refractivity contribution is -0.119. The molecule has 3 amide bonds. The fourth-order valence-corrected chi connectivity index (χ4v) is 3.73. The molecule has 0 radical (unpaired) electrons. The fraction of sp³-hybridized carbons (Fsp3) is 0.400. The molecule has 148 valence electrons. The topological polar surface area (TPSA) is 88.9 Å². The van der Waals surface area contributed by atoms with E-state index < -0.39 is 11.3 Å². The summed E-state index contributed by atoms with van der Waals surface area (Å²) in [5.41, 5.74) is 2.73. The Morgan fingerprint density at radius 1 is 1.36 bits per heavy atom. The Bertz CT molecular complexity index is 904. The van der Waals surface area contributed by atoms with E-state index in [9.17, 15) is 9.59 Å². The smallest absolute Gasteiger partial charge is 0.307 e. The number of thioether (sulfide) groups is 1. The first-order valence-corrected chi connectivity index (χ1v) is 10.2. The van der Waals surface area contributed by atoms with Crippen molar-refractivity contribution in [2.24, 2.45) is 0 Å². The number of hydrogen-bond donors (Lipinski definition) is 2. The van der Waals surface area contributed by atoms with Gasteiger partial charge in [0.25, 0.3) is 0 Å². The van der Waals surface area contributed by atoms with Crippen LogP contribution >= 0.6 is 11.8 Å². The van der Waals surface area contributed by atoms with Crippen molar-refractivity contribution in [2.45, 2.75) is 56.5 Å². The monoisotopic (exact) mass is 399 g/mol. The van der Waals surface area contributed by atoms with Crippen LogP contribution in [0.1, 0.15) is 42.6 Å². The van der Waals surface area contributed by atoms with Crippen LogP contribution in [0, 0.1) is 13.8 Å². The van der Waals surface area contributed by atoms with E-state index >= 15 is 0 Å². The summed E-state index contributed by atoms with van der Waals surface area (Å²) in [6.07, 6.45) is 4.03. The molecule has 1 aliphatic rings. The van der Waals surface area contributed by atoms with Gasteiger partial charge in [-0.25, -0.2) is 4.79 Å². The van der Waals surface area contributed by atoms with Gasteiger partial charge in [0.1, 0.15) is 5.82 Å². The van der Waals surface area contributed by atoms with Gasteiger partial charge in [0.2, 0.25) is 5.91 Å². The highest BCUT2D eigenvalue weighted by Crippen LogP contribution is 2.40. The number of allylic oxidation sites excluding steroid dienone is 1. The highest BCUT2D eigenvalue weighted by molar-refractivity contribution is 8.00. The van der Waals surface area contributed by atoms with E-state index in [2.05, 4.69) is 27.4 Å². The Morgan fingerprint density at radius 3 is 2.75 bits per heavy atom. The number of hydrogen-bond acceptors (Lipinski definition) is 5. The normalized spacial score (nSPS) is 14.4. The molecule has 2 N–H and O–H groups in total. The van der Waals surface area contributed by atoms with Crippen molar-refractivity contribution in [3.05, 3.63) is 47.8 Å². The van der Waals surface area contributed by atoms with Gasteiger partial charge in [0, 0.05) is 18.2 Å². The number of aryl methyl sites for hydroxylation is 2. The number of benzene rings is 1. The van der Waals surface area contributed by atoms with E-state index in [0.29, 0.717) is 23.3 Å². The maximum absolute atomic E-state index is 12.4. The van der Waals surface area contributed by atoms with Gasteiger partial charge in [0.05, 0.1) is 5.25 Å². The number of aromatic nitrogens is 3. The quantitative estimate of drug-likeness (QED) is 0.546. The Labute approximate surface area is 169 Å². The highest BCUT2D eigenvalue weighted by atomic mass is 32.2. The van der Waals surface area contributed by atoms with Gasteiger partial charge in [-0.15, -0.1) is 16.8 Å². The zero-order valence-electron chi connectivity index (χ0n) is 16.4. The molecular formula is C20H25N5O2S. The second-order valence-electron chi connectivity index (χ2n) is 7.04. The van der Waals surface area contributed by atoms with Gasteiger partial charge in [-0.2, -0.15) is 0 Å². The second-order valence-corrected chi connectivity index (χ2v) is 8.34. The molecule has 1 atom stereocenters. The molecule has 1 aromatic heterocycles. The van der Waals surface area contributed by atoms with Crippen molar-refractivity contribution in [1.82, 2.24) is 20.1 Å². The van der Waals surface area contributed by atoms with E-state index in [-0.39, 0.29) is 5.91 Å². The molecule has 28 heavy (non-hydrogen) atoms. The Morgan fingerprint density at radius 2 is 2.11 bits per heavy atom. The van der Waals surface area contributed by atoms with Crippen LogP contribution in [0.4, 0.5) is 10.5 Å². The summed E-state index contributed by atoms with van der Waals surface area (Å²) in [4.78, 5) is 24.6. The number of carbonyl (C=O) groups is 2. The van der Waals surface area contributed by atoms with Gasteiger partial charge >= 0.3 is 6.03 Å². The first-order chi connectivity index (χ1) is 13.4. The van der Waals surface area contributed by atoms with Crippen LogP contribution < -0.4 is 10.6 Å². The fourth-order valence-electron chi connectivity index (χ4n) is 2.86. The molecule has 1 aliphatic carbocycles. The number of amides is 3. The molecule has 0 saturated heterocycles. The minimum atomic E-state index is -0.546. The zero-order valence-corrected chi connectivity index (χ0v) is 17.2. The largest absolute Gasteiger partial charge is 0.325 e. The van der Waals surface area contributed by atoms with Gasteiger partial charge in [-0.3, -0.25) is 10.1 Å². The van der Waals surface area contributed by atoms with Crippen molar-refractivity contribution in [2.75, 3.05) is 5.32 Å². The third kappa shape index (κ3) is 4.81. The van der Waals surface area contributed by atoms with E-state index in [1.165, 1.54) is 11.8 Å². The highest BCUT2D eigenvalue weighted by Gasteiger charge is 2.31. The Balaban J connectivity index is 1.60. The number of nitrogens with zero attached hydrogens (tertiary/aromatic N) is 3. The van der Waals surface area contributed by atoms with E-state index in [1.807, 2.05) is 36.6 Å². The molecule has 1 unspecified atom stereocenters. The minimum absolute atomic E-state index is 0.381. The molecule has 0 bridgehead atoms. The third-order valence-electron chi connectivity index (χ3n) is 4.52. The molecule has 3 rings (SSSR count). The second kappa shape index (κ2) is 8.60. The molecule has 2 aromatic rings. The predicted molar refractivity (Wildman–Crippen MR) is 111 cm³/mol. The molecule has 0 aliphatic heterocycles. The average Bonchev–Trinajstić information content (AvgIpc) is 3.41. The maximum atomic E-state index is 12.4. The molecule has 1 aromatic carbocycles. The van der Waals surface area contributed by atoms with E-state index in [4.69, 9.17) is 0 Å². The summed E-state index contributed by atoms with van der Waals surface area (Å²) in [5.74, 6) is 1.02. The van der Waals surface area contributed by atoms with Gasteiger partial charge in [0.15, 0.2) is 5.16 Å². The number of anilines is 1. The van der Waals surface area contributed by atoms with Crippen LogP contribution in [0.15, 0.2) is 36.0 Å². The lowest BCUT2D eigenvalue weighted by atomic mass is 10.1. The van der Waals surface area contributed by atoms with Gasteiger partial charge in [-0.1, -0.05) is 35.5 Å². The van der Waals surface area contributed by atoms with Crippen LogP contribution in [0.3, 0.4) is 0 Å². The van der Waals surface area contributed by atoms with Crippen LogP contribution in [-0.4, -0.2) is 32.0 Å². The minimum Gasteiger partial charge on any atom is -0.307 e. The Hall–Kier alpha value is -2.61. The maximum Gasteiger partial charge on any atom is 0.325 e. The molecule has 8 heteroatoms. The third-order valence-corrected chi connectivity index (χ3v) is 5.60. The SMILES string of the molecule is C=CCn1c(SC(C)C(=O)NC(=O)Nc2ccc(C)cc2C)nnc1C1CC1. The first-order valence-electron chi connectivity index (χ1n) is 9.28. The summed E-state index contributed by atoms with van der Waals surface area (Å²) < 4.78 is 1.99. The lowest BCUT2D eigenvalue weighted by Gasteiger charge is -2.13. The van der Waals surface area contributed by atoms with Crippen molar-refractivity contribution >= 4 is 29.4 Å². The zero-order chi connectivity index (χ0) is 20.3. The average molecular weight is 400 g/mol. The van der Waals surface area contributed by atoms with Crippen LogP contribution in [0.25, 0.3) is 0 Å². The number of imide groups is 1. The Kier molecular flexibility index (Phi) is 6.18. The standard InChI is InChI=1S/C20H25N5O2S/c1-5-10-25-17(15-7-8-15)23-24-20(25)28-14(4)18(26)22-19(27)21-16-9-6-12(2)11-13(16)3/h5-6,9,11,14-15H,1,7-8,10H2,2-4H3,(H2,21,22,26,27). The summed E-state index contributed by atoms with van der Waals surface area (Å²) in [5, 5.41) is 13.8. The summed E-state index contributed by atoms with van der Waals surface area (Å²) in [6, 6.07) is 5.16. The van der Waals surface area contributed by atoms with Gasteiger partial charge < -0.3 is 9.88 Å². The summed E-state index contributed by atoms with van der Waals surface area (Å²) >= 11 is 1.29. The molecule has 1 heterocycles. The van der Waals surface area contributed by atoms with Crippen molar-refractivity contribution in [3.63, 3.8) is 0 Å². The lowest BCUT2D eigenvalue weighted by Crippen LogP contribution is -2.39. The van der Waals surface area contributed by atoms with Crippen LogP contribution in [0.5, 0.6) is 0 Å². The number of carbonyl (C=O) groups excluding carboxylic acids is 2. The summed E-state index contributed by atoms with van der Waals surface area (Å²) in [6.45, 7) is 10.0. The van der Waals surface area contributed by atoms with Crippen molar-refractivity contribution in [1.29, 1.82) is 0 Å². The number of rotatable bonds is 7. The predicted octanol–water partition coefficient (Wildman–Crippen LogP) is 3.79. The number of nitrogens with one attached hydrogen (secondary N) is 2. The van der Waals surface area contributed by atoms with Crippen molar-refractivity contribution < 1.29 is 9.59 Å². The van der Waals surface area contributed by atoms with Gasteiger partial charge in [-0.05, 0) is 45.2 Å². The van der Waals surface area contributed by atoms with E-state index in [1.54, 1.807) is 13.0 Å². The van der Waals surface area contributed by atoms with Crippen LogP contribution in [-0.2, 0) is 11.3 Å². The molecule has 1 fully saturated rings. The molecular weight excluding hydrogens is 374 g/mol. The molecule has 7 nitrogen and oxygen atoms in total. The number of urea groups is 1. The summed E-state index contributed by atoms with van der Waals surface area (Å²) in [7, 11) is 0. The molecule has 0 spiro atoms. The van der Waals surface area contributed by atoms with E-state index in [0.717, 1.165) is 29.8 Å². The van der Waals surface area contributed by atoms with Crippen molar-refractivity contribution in [3.8, 4) is 0 Å².